The third-order valence-corrected chi connectivity index (χ3v) is 5.06. The predicted molar refractivity (Wildman–Crippen MR) is 104 cm³/mol. The molecule has 0 aromatic heterocycles. The largest absolute Gasteiger partial charge is 0.497 e. The Morgan fingerprint density at radius 3 is 2.30 bits per heavy atom. The minimum Gasteiger partial charge on any atom is -0.497 e. The summed E-state index contributed by atoms with van der Waals surface area (Å²) < 4.78 is 5.14. The maximum absolute atomic E-state index is 12.8. The maximum atomic E-state index is 12.8. The van der Waals surface area contributed by atoms with E-state index >= 15 is 0 Å². The molecule has 0 atom stereocenters. The van der Waals surface area contributed by atoms with Gasteiger partial charge in [-0.25, -0.2) is 0 Å². The third-order valence-electron chi connectivity index (χ3n) is 5.06. The Kier molecular flexibility index (Phi) is 5.79. The first kappa shape index (κ1) is 19.0. The summed E-state index contributed by atoms with van der Waals surface area (Å²) in [4.78, 5) is 27.1. The van der Waals surface area contributed by atoms with Gasteiger partial charge in [0.05, 0.1) is 7.11 Å². The lowest BCUT2D eigenvalue weighted by molar-refractivity contribution is -0.143. The van der Waals surface area contributed by atoms with Crippen molar-refractivity contribution < 1.29 is 14.3 Å². The first-order chi connectivity index (χ1) is 13.0. The predicted octanol–water partition coefficient (Wildman–Crippen LogP) is 2.79. The van der Waals surface area contributed by atoms with Gasteiger partial charge in [-0.1, -0.05) is 42.5 Å². The van der Waals surface area contributed by atoms with Crippen molar-refractivity contribution in [1.29, 1.82) is 0 Å². The van der Waals surface area contributed by atoms with Gasteiger partial charge < -0.3 is 15.0 Å². The highest BCUT2D eigenvalue weighted by Gasteiger charge is 2.57. The summed E-state index contributed by atoms with van der Waals surface area (Å²) in [7, 11) is 3.40. The van der Waals surface area contributed by atoms with Crippen LogP contribution in [0.3, 0.4) is 0 Å². The lowest BCUT2D eigenvalue weighted by atomic mass is 10.0. The molecule has 0 spiro atoms. The van der Waals surface area contributed by atoms with E-state index in [0.29, 0.717) is 25.9 Å². The monoisotopic (exact) mass is 366 g/mol. The van der Waals surface area contributed by atoms with E-state index in [-0.39, 0.29) is 11.8 Å². The maximum Gasteiger partial charge on any atom is 0.238 e. The van der Waals surface area contributed by atoms with Crippen LogP contribution in [-0.2, 0) is 22.6 Å². The highest BCUT2D eigenvalue weighted by Crippen LogP contribution is 2.47. The van der Waals surface area contributed by atoms with Crippen molar-refractivity contribution >= 4 is 11.8 Å². The van der Waals surface area contributed by atoms with Crippen molar-refractivity contribution in [3.05, 3.63) is 65.7 Å². The molecular formula is C22H26N2O3. The van der Waals surface area contributed by atoms with Crippen LogP contribution in [0.2, 0.25) is 0 Å². The molecule has 0 saturated heterocycles. The zero-order valence-electron chi connectivity index (χ0n) is 15.9. The second-order valence-electron chi connectivity index (χ2n) is 7.08. The second kappa shape index (κ2) is 8.25. The Bertz CT molecular complexity index is 783. The number of carbonyl (C=O) groups is 2. The molecule has 0 aliphatic heterocycles. The van der Waals surface area contributed by atoms with Gasteiger partial charge in [0.2, 0.25) is 11.8 Å². The van der Waals surface area contributed by atoms with E-state index in [9.17, 15) is 9.59 Å². The summed E-state index contributed by atoms with van der Waals surface area (Å²) >= 11 is 0. The summed E-state index contributed by atoms with van der Waals surface area (Å²) in [6, 6.07) is 17.6. The van der Waals surface area contributed by atoms with Gasteiger partial charge in [-0.3, -0.25) is 9.59 Å². The van der Waals surface area contributed by atoms with Crippen LogP contribution in [-0.4, -0.2) is 37.4 Å². The number of benzene rings is 2. The number of carbonyl (C=O) groups excluding carboxylic acids is 2. The summed E-state index contributed by atoms with van der Waals surface area (Å²) in [5.41, 5.74) is 1.31. The number of amides is 2. The Hall–Kier alpha value is -2.82. The molecule has 5 nitrogen and oxygen atoms in total. The standard InChI is InChI=1S/C22H26N2O3/c1-24(16-18-6-4-3-5-7-18)21(26)22(13-14-22)20(25)23-15-12-17-8-10-19(27-2)11-9-17/h3-11H,12-16H2,1-2H3,(H,23,25). The average molecular weight is 366 g/mol. The minimum absolute atomic E-state index is 0.0895. The van der Waals surface area contributed by atoms with E-state index in [1.165, 1.54) is 0 Å². The zero-order chi connectivity index (χ0) is 19.3. The highest BCUT2D eigenvalue weighted by atomic mass is 16.5. The second-order valence-corrected chi connectivity index (χ2v) is 7.08. The molecule has 1 aliphatic rings. The van der Waals surface area contributed by atoms with E-state index in [1.54, 1.807) is 19.1 Å². The highest BCUT2D eigenvalue weighted by molar-refractivity contribution is 6.07. The zero-order valence-corrected chi connectivity index (χ0v) is 15.9. The van der Waals surface area contributed by atoms with Gasteiger partial charge in [0.15, 0.2) is 0 Å². The van der Waals surface area contributed by atoms with E-state index in [4.69, 9.17) is 4.74 Å². The summed E-state index contributed by atoms with van der Waals surface area (Å²) in [5.74, 6) is 0.570. The van der Waals surface area contributed by atoms with Gasteiger partial charge in [0.25, 0.3) is 0 Å². The lowest BCUT2D eigenvalue weighted by Crippen LogP contribution is -2.44. The molecule has 2 aromatic carbocycles. The fourth-order valence-electron chi connectivity index (χ4n) is 3.24. The number of nitrogens with zero attached hydrogens (tertiary/aromatic N) is 1. The van der Waals surface area contributed by atoms with Crippen LogP contribution in [0.15, 0.2) is 54.6 Å². The first-order valence-electron chi connectivity index (χ1n) is 9.26. The van der Waals surface area contributed by atoms with Crippen molar-refractivity contribution in [2.75, 3.05) is 20.7 Å². The van der Waals surface area contributed by atoms with Gasteiger partial charge in [0.1, 0.15) is 11.2 Å². The van der Waals surface area contributed by atoms with Crippen LogP contribution in [0.25, 0.3) is 0 Å². The number of hydrogen-bond donors (Lipinski definition) is 1. The van der Waals surface area contributed by atoms with Crippen LogP contribution in [0.5, 0.6) is 5.75 Å². The Balaban J connectivity index is 1.51. The first-order valence-corrected chi connectivity index (χ1v) is 9.26. The molecule has 1 fully saturated rings. The van der Waals surface area contributed by atoms with Crippen molar-refractivity contribution in [1.82, 2.24) is 10.2 Å². The molecule has 2 aromatic rings. The minimum atomic E-state index is -0.872. The van der Waals surface area contributed by atoms with E-state index in [0.717, 1.165) is 23.3 Å². The summed E-state index contributed by atoms with van der Waals surface area (Å²) in [6.07, 6.45) is 1.97. The topological polar surface area (TPSA) is 58.6 Å². The molecule has 27 heavy (non-hydrogen) atoms. The van der Waals surface area contributed by atoms with E-state index < -0.39 is 5.41 Å². The van der Waals surface area contributed by atoms with Gasteiger partial charge in [0, 0.05) is 20.1 Å². The molecule has 2 amide bonds. The third kappa shape index (κ3) is 4.48. The van der Waals surface area contributed by atoms with Crippen molar-refractivity contribution in [3.8, 4) is 5.75 Å². The van der Waals surface area contributed by atoms with Crippen LogP contribution in [0.4, 0.5) is 0 Å². The number of methoxy groups -OCH3 is 1. The number of rotatable bonds is 8. The van der Waals surface area contributed by atoms with E-state index in [2.05, 4.69) is 5.32 Å². The molecular weight excluding hydrogens is 340 g/mol. The molecule has 5 heteroatoms. The number of ether oxygens (including phenoxy) is 1. The Morgan fingerprint density at radius 1 is 1.04 bits per heavy atom. The van der Waals surface area contributed by atoms with Gasteiger partial charge >= 0.3 is 0 Å². The van der Waals surface area contributed by atoms with Crippen LogP contribution < -0.4 is 10.1 Å². The van der Waals surface area contributed by atoms with Crippen LogP contribution >= 0.6 is 0 Å². The molecule has 1 aliphatic carbocycles. The van der Waals surface area contributed by atoms with Crippen LogP contribution in [0.1, 0.15) is 24.0 Å². The molecule has 1 N–H and O–H groups in total. The quantitative estimate of drug-likeness (QED) is 0.731. The molecule has 1 saturated carbocycles. The molecule has 3 rings (SSSR count). The SMILES string of the molecule is COc1ccc(CCNC(=O)C2(C(=O)N(C)Cc3ccccc3)CC2)cc1. The molecule has 0 radical (unpaired) electrons. The normalized spacial score (nSPS) is 14.3. The number of hydrogen-bond acceptors (Lipinski definition) is 3. The Labute approximate surface area is 160 Å². The average Bonchev–Trinajstić information content (AvgIpc) is 3.50. The van der Waals surface area contributed by atoms with Gasteiger partial charge in [-0.15, -0.1) is 0 Å². The van der Waals surface area contributed by atoms with Gasteiger partial charge in [-0.05, 0) is 42.5 Å². The van der Waals surface area contributed by atoms with Crippen LogP contribution in [0, 0.1) is 5.41 Å². The molecule has 142 valence electrons. The van der Waals surface area contributed by atoms with Gasteiger partial charge in [-0.2, -0.15) is 0 Å². The molecule has 0 heterocycles. The summed E-state index contributed by atoms with van der Waals surface area (Å²) in [6.45, 7) is 1.03. The van der Waals surface area contributed by atoms with Crippen molar-refractivity contribution in [2.24, 2.45) is 5.41 Å². The van der Waals surface area contributed by atoms with E-state index in [1.807, 2.05) is 54.6 Å². The molecule has 0 unspecified atom stereocenters. The lowest BCUT2D eigenvalue weighted by Gasteiger charge is -2.23. The number of nitrogens with one attached hydrogen (secondary N) is 1. The fraction of sp³-hybridized carbons (Fsp3) is 0.364. The smallest absolute Gasteiger partial charge is 0.238 e. The van der Waals surface area contributed by atoms with Crippen molar-refractivity contribution in [2.45, 2.75) is 25.8 Å². The summed E-state index contributed by atoms with van der Waals surface area (Å²) in [5, 5.41) is 2.94. The van der Waals surface area contributed by atoms with Crippen molar-refractivity contribution in [3.63, 3.8) is 0 Å². The Morgan fingerprint density at radius 2 is 1.70 bits per heavy atom. The molecule has 0 bridgehead atoms. The fourth-order valence-corrected chi connectivity index (χ4v) is 3.24.